The third-order valence-corrected chi connectivity index (χ3v) is 3.00. The second-order valence-corrected chi connectivity index (χ2v) is 4.66. The first-order chi connectivity index (χ1) is 8.03. The minimum absolute atomic E-state index is 0.123. The van der Waals surface area contributed by atoms with Gasteiger partial charge in [-0.25, -0.2) is 0 Å². The molecule has 0 atom stereocenters. The Morgan fingerprint density at radius 1 is 1.47 bits per heavy atom. The van der Waals surface area contributed by atoms with Crippen LogP contribution >= 0.6 is 0 Å². The lowest BCUT2D eigenvalue weighted by Gasteiger charge is -2.37. The lowest BCUT2D eigenvalue weighted by Crippen LogP contribution is -2.49. The maximum absolute atomic E-state index is 11.8. The van der Waals surface area contributed by atoms with Gasteiger partial charge in [0.2, 0.25) is 5.91 Å². The summed E-state index contributed by atoms with van der Waals surface area (Å²) in [4.78, 5) is 15.5. The zero-order valence-corrected chi connectivity index (χ0v) is 10.9. The van der Waals surface area contributed by atoms with Crippen LogP contribution in [0.3, 0.4) is 0 Å². The van der Waals surface area contributed by atoms with Crippen molar-refractivity contribution in [1.29, 1.82) is 5.26 Å². The van der Waals surface area contributed by atoms with Gasteiger partial charge in [0.15, 0.2) is 5.60 Å². The third-order valence-electron chi connectivity index (χ3n) is 3.00. The van der Waals surface area contributed by atoms with Crippen molar-refractivity contribution in [1.82, 2.24) is 9.80 Å². The molecule has 1 fully saturated rings. The van der Waals surface area contributed by atoms with Crippen molar-refractivity contribution < 1.29 is 9.53 Å². The number of carbonyl (C=O) groups is 1. The van der Waals surface area contributed by atoms with E-state index in [0.717, 1.165) is 0 Å². The molecule has 1 saturated heterocycles. The molecular weight excluding hydrogens is 218 g/mol. The molecule has 1 rings (SSSR count). The largest absolute Gasteiger partial charge is 0.360 e. The first-order valence-corrected chi connectivity index (χ1v) is 6.01. The Kier molecular flexibility index (Phi) is 4.91. The Balaban J connectivity index is 2.50. The molecule has 0 aliphatic carbocycles. The van der Waals surface area contributed by atoms with Gasteiger partial charge in [-0.3, -0.25) is 4.79 Å². The van der Waals surface area contributed by atoms with Crippen molar-refractivity contribution in [2.75, 3.05) is 40.3 Å². The van der Waals surface area contributed by atoms with Gasteiger partial charge in [-0.15, -0.1) is 0 Å². The van der Waals surface area contributed by atoms with Crippen LogP contribution in [0.1, 0.15) is 19.8 Å². The molecule has 0 N–H and O–H groups in total. The van der Waals surface area contributed by atoms with E-state index in [0.29, 0.717) is 39.1 Å². The van der Waals surface area contributed by atoms with Gasteiger partial charge in [-0.2, -0.15) is 5.26 Å². The smallest absolute Gasteiger partial charge is 0.236 e. The van der Waals surface area contributed by atoms with Gasteiger partial charge in [0.05, 0.1) is 12.6 Å². The molecule has 5 nitrogen and oxygen atoms in total. The molecule has 17 heavy (non-hydrogen) atoms. The molecule has 0 aromatic heterocycles. The molecule has 0 radical (unpaired) electrons. The predicted octanol–water partition coefficient (Wildman–Crippen LogP) is 0.469. The van der Waals surface area contributed by atoms with Gasteiger partial charge in [-0.1, -0.05) is 0 Å². The number of likely N-dealkylation sites (N-methyl/N-ethyl adjacent to an activating group) is 1. The summed E-state index contributed by atoms with van der Waals surface area (Å²) >= 11 is 0. The quantitative estimate of drug-likeness (QED) is 0.715. The number of carbonyl (C=O) groups excluding carboxylic acids is 1. The average molecular weight is 239 g/mol. The van der Waals surface area contributed by atoms with E-state index < -0.39 is 5.60 Å². The normalized spacial score (nSPS) is 19.1. The number of likely N-dealkylation sites (tertiary alicyclic amines) is 1. The molecule has 0 aromatic rings. The SMILES string of the molecule is CCOC1(C#N)CCN(C(=O)CN(C)C)CC1. The maximum atomic E-state index is 11.8. The molecule has 0 unspecified atom stereocenters. The van der Waals surface area contributed by atoms with E-state index in [2.05, 4.69) is 6.07 Å². The number of rotatable bonds is 4. The minimum atomic E-state index is -0.677. The molecule has 0 bridgehead atoms. The van der Waals surface area contributed by atoms with Crippen molar-refractivity contribution in [3.63, 3.8) is 0 Å². The van der Waals surface area contributed by atoms with E-state index in [1.54, 1.807) is 0 Å². The highest BCUT2D eigenvalue weighted by Gasteiger charge is 2.36. The highest BCUT2D eigenvalue weighted by Crippen LogP contribution is 2.25. The summed E-state index contributed by atoms with van der Waals surface area (Å²) in [5.74, 6) is 0.123. The number of piperidine rings is 1. The molecule has 96 valence electrons. The van der Waals surface area contributed by atoms with Gasteiger partial charge < -0.3 is 14.5 Å². The van der Waals surface area contributed by atoms with Gasteiger partial charge in [0.25, 0.3) is 0 Å². The van der Waals surface area contributed by atoms with E-state index in [-0.39, 0.29) is 5.91 Å². The highest BCUT2D eigenvalue weighted by atomic mass is 16.5. The Morgan fingerprint density at radius 2 is 2.06 bits per heavy atom. The molecule has 1 heterocycles. The molecular formula is C12H21N3O2. The van der Waals surface area contributed by atoms with Crippen LogP contribution in [0.2, 0.25) is 0 Å². The van der Waals surface area contributed by atoms with E-state index in [1.807, 2.05) is 30.8 Å². The predicted molar refractivity (Wildman–Crippen MR) is 64.3 cm³/mol. The van der Waals surface area contributed by atoms with E-state index in [9.17, 15) is 4.79 Å². The standard InChI is InChI=1S/C12H21N3O2/c1-4-17-12(10-13)5-7-15(8-6-12)11(16)9-14(2)3/h4-9H2,1-3H3. The number of ether oxygens (including phenoxy) is 1. The van der Waals surface area contributed by atoms with Gasteiger partial charge in [-0.05, 0) is 21.0 Å². The molecule has 5 heteroatoms. The minimum Gasteiger partial charge on any atom is -0.360 e. The van der Waals surface area contributed by atoms with E-state index in [1.165, 1.54) is 0 Å². The second kappa shape index (κ2) is 5.99. The molecule has 0 aromatic carbocycles. The number of nitriles is 1. The summed E-state index contributed by atoms with van der Waals surface area (Å²) in [6.07, 6.45) is 1.22. The summed E-state index contributed by atoms with van der Waals surface area (Å²) < 4.78 is 5.52. The summed E-state index contributed by atoms with van der Waals surface area (Å²) in [5, 5.41) is 9.16. The van der Waals surface area contributed by atoms with Gasteiger partial charge in [0, 0.05) is 32.5 Å². The fraction of sp³-hybridized carbons (Fsp3) is 0.833. The van der Waals surface area contributed by atoms with Crippen LogP contribution in [0.4, 0.5) is 0 Å². The van der Waals surface area contributed by atoms with Crippen LogP contribution in [0.15, 0.2) is 0 Å². The van der Waals surface area contributed by atoms with Crippen LogP contribution in [-0.2, 0) is 9.53 Å². The fourth-order valence-electron chi connectivity index (χ4n) is 2.05. The first-order valence-electron chi connectivity index (χ1n) is 6.01. The highest BCUT2D eigenvalue weighted by molar-refractivity contribution is 5.78. The van der Waals surface area contributed by atoms with Crippen molar-refractivity contribution in [2.45, 2.75) is 25.4 Å². The van der Waals surface area contributed by atoms with E-state index in [4.69, 9.17) is 10.00 Å². The van der Waals surface area contributed by atoms with Crippen LogP contribution in [0.5, 0.6) is 0 Å². The van der Waals surface area contributed by atoms with E-state index >= 15 is 0 Å². The Bertz CT molecular complexity index is 301. The van der Waals surface area contributed by atoms with Crippen LogP contribution in [0, 0.1) is 11.3 Å². The number of nitrogens with zero attached hydrogens (tertiary/aromatic N) is 3. The maximum Gasteiger partial charge on any atom is 0.236 e. The molecule has 0 saturated carbocycles. The van der Waals surface area contributed by atoms with Crippen LogP contribution in [-0.4, -0.2) is 61.6 Å². The van der Waals surface area contributed by atoms with Crippen molar-refractivity contribution in [3.05, 3.63) is 0 Å². The Morgan fingerprint density at radius 3 is 2.47 bits per heavy atom. The summed E-state index contributed by atoms with van der Waals surface area (Å²) in [6, 6.07) is 2.25. The molecule has 1 aliphatic heterocycles. The van der Waals surface area contributed by atoms with Crippen LogP contribution < -0.4 is 0 Å². The lowest BCUT2D eigenvalue weighted by atomic mass is 9.92. The first kappa shape index (κ1) is 13.9. The molecule has 0 spiro atoms. The van der Waals surface area contributed by atoms with Crippen molar-refractivity contribution >= 4 is 5.91 Å². The van der Waals surface area contributed by atoms with Gasteiger partial charge in [0.1, 0.15) is 0 Å². The number of hydrogen-bond acceptors (Lipinski definition) is 4. The molecule has 1 aliphatic rings. The summed E-state index contributed by atoms with van der Waals surface area (Å²) in [7, 11) is 3.75. The molecule has 1 amide bonds. The fourth-order valence-corrected chi connectivity index (χ4v) is 2.05. The Hall–Kier alpha value is -1.12. The Labute approximate surface area is 103 Å². The van der Waals surface area contributed by atoms with Crippen molar-refractivity contribution in [2.24, 2.45) is 0 Å². The zero-order chi connectivity index (χ0) is 12.9. The topological polar surface area (TPSA) is 56.6 Å². The van der Waals surface area contributed by atoms with Crippen LogP contribution in [0.25, 0.3) is 0 Å². The summed E-state index contributed by atoms with van der Waals surface area (Å²) in [5.41, 5.74) is -0.677. The second-order valence-electron chi connectivity index (χ2n) is 4.66. The zero-order valence-electron chi connectivity index (χ0n) is 10.9. The number of hydrogen-bond donors (Lipinski definition) is 0. The van der Waals surface area contributed by atoms with Crippen molar-refractivity contribution in [3.8, 4) is 6.07 Å². The van der Waals surface area contributed by atoms with Gasteiger partial charge >= 0.3 is 0 Å². The number of amides is 1. The monoisotopic (exact) mass is 239 g/mol. The summed E-state index contributed by atoms with van der Waals surface area (Å²) in [6.45, 7) is 4.08. The average Bonchev–Trinajstić information content (AvgIpc) is 2.29. The third kappa shape index (κ3) is 3.69. The lowest BCUT2D eigenvalue weighted by molar-refractivity contribution is -0.136.